The largest absolute Gasteiger partial charge is 0.481 e. The van der Waals surface area contributed by atoms with Gasteiger partial charge < -0.3 is 24.7 Å². The van der Waals surface area contributed by atoms with Crippen molar-refractivity contribution in [3.8, 4) is 0 Å². The maximum absolute atomic E-state index is 12.4. The molecule has 0 aliphatic carbocycles. The molecular formula is C13H22N2O5. The number of urea groups is 1. The van der Waals surface area contributed by atoms with Gasteiger partial charge >= 0.3 is 12.0 Å². The molecule has 2 aliphatic heterocycles. The topological polar surface area (TPSA) is 90.3 Å². The molecule has 2 saturated heterocycles. The number of ether oxygens (including phenoxy) is 1. The Labute approximate surface area is 118 Å². The molecule has 2 fully saturated rings. The highest BCUT2D eigenvalue weighted by molar-refractivity contribution is 5.77. The van der Waals surface area contributed by atoms with Gasteiger partial charge in [-0.3, -0.25) is 4.79 Å². The Morgan fingerprint density at radius 1 is 1.40 bits per heavy atom. The van der Waals surface area contributed by atoms with Gasteiger partial charge in [0.1, 0.15) is 5.92 Å². The van der Waals surface area contributed by atoms with E-state index in [2.05, 4.69) is 0 Å². The maximum atomic E-state index is 12.4. The molecule has 114 valence electrons. The van der Waals surface area contributed by atoms with Gasteiger partial charge in [0.2, 0.25) is 0 Å². The van der Waals surface area contributed by atoms with Crippen molar-refractivity contribution >= 4 is 12.0 Å². The molecule has 2 N–H and O–H groups in total. The Bertz CT molecular complexity index is 387. The average molecular weight is 286 g/mol. The molecule has 0 bridgehead atoms. The second-order valence-electron chi connectivity index (χ2n) is 5.68. The van der Waals surface area contributed by atoms with Crippen molar-refractivity contribution in [3.63, 3.8) is 0 Å². The van der Waals surface area contributed by atoms with Crippen LogP contribution in [0.1, 0.15) is 13.3 Å². The number of aliphatic carboxylic acids is 1. The number of rotatable bonds is 3. The number of aliphatic hydroxyl groups is 1. The van der Waals surface area contributed by atoms with Crippen LogP contribution >= 0.6 is 0 Å². The van der Waals surface area contributed by atoms with E-state index in [1.165, 1.54) is 4.90 Å². The lowest BCUT2D eigenvalue weighted by Gasteiger charge is -2.30. The summed E-state index contributed by atoms with van der Waals surface area (Å²) in [5.74, 6) is -1.50. The maximum Gasteiger partial charge on any atom is 0.320 e. The summed E-state index contributed by atoms with van der Waals surface area (Å²) in [4.78, 5) is 26.7. The van der Waals surface area contributed by atoms with E-state index in [-0.39, 0.29) is 25.2 Å². The van der Waals surface area contributed by atoms with Crippen LogP contribution in [0.5, 0.6) is 0 Å². The highest BCUT2D eigenvalue weighted by Gasteiger charge is 2.40. The van der Waals surface area contributed by atoms with Crippen LogP contribution in [-0.4, -0.2) is 77.5 Å². The molecule has 2 rings (SSSR count). The highest BCUT2D eigenvalue weighted by Crippen LogP contribution is 2.24. The van der Waals surface area contributed by atoms with Crippen LogP contribution in [0, 0.1) is 11.8 Å². The molecule has 0 radical (unpaired) electrons. The third-order valence-corrected chi connectivity index (χ3v) is 4.34. The Hall–Kier alpha value is -1.34. The van der Waals surface area contributed by atoms with Crippen LogP contribution < -0.4 is 0 Å². The SMILES string of the molecule is CC(O)C1CCN(C(=O)N(C)C2COCC2C(=O)O)C1. The number of carboxylic acid groups (broad SMARTS) is 1. The normalized spacial score (nSPS) is 31.4. The van der Waals surface area contributed by atoms with Crippen LogP contribution in [0.3, 0.4) is 0 Å². The minimum atomic E-state index is -0.935. The highest BCUT2D eigenvalue weighted by atomic mass is 16.5. The summed E-state index contributed by atoms with van der Waals surface area (Å²) in [6.45, 7) is 3.25. The molecule has 0 spiro atoms. The number of nitrogens with zero attached hydrogens (tertiary/aromatic N) is 2. The first-order valence-corrected chi connectivity index (χ1v) is 6.92. The van der Waals surface area contributed by atoms with Crippen LogP contribution in [-0.2, 0) is 9.53 Å². The fraction of sp³-hybridized carbons (Fsp3) is 0.846. The standard InChI is InChI=1S/C13H22N2O5/c1-8(16)9-3-4-15(5-9)13(19)14(2)11-7-20-6-10(11)12(17)18/h8-11,16H,3-7H2,1-2H3,(H,17,18). The second kappa shape index (κ2) is 5.97. The fourth-order valence-electron chi connectivity index (χ4n) is 2.88. The van der Waals surface area contributed by atoms with Crippen LogP contribution in [0.2, 0.25) is 0 Å². The molecule has 20 heavy (non-hydrogen) atoms. The van der Waals surface area contributed by atoms with Gasteiger partial charge in [0.25, 0.3) is 0 Å². The van der Waals surface area contributed by atoms with E-state index in [0.29, 0.717) is 13.1 Å². The quantitative estimate of drug-likeness (QED) is 0.752. The Balaban J connectivity index is 1.97. The summed E-state index contributed by atoms with van der Waals surface area (Å²) in [6, 6.07) is -0.611. The summed E-state index contributed by atoms with van der Waals surface area (Å²) in [6.07, 6.45) is 0.348. The lowest BCUT2D eigenvalue weighted by Crippen LogP contribution is -2.49. The van der Waals surface area contributed by atoms with E-state index < -0.39 is 24.0 Å². The Morgan fingerprint density at radius 2 is 2.10 bits per heavy atom. The minimum absolute atomic E-state index is 0.0995. The second-order valence-corrected chi connectivity index (χ2v) is 5.68. The van der Waals surface area contributed by atoms with Crippen molar-refractivity contribution in [3.05, 3.63) is 0 Å². The van der Waals surface area contributed by atoms with Crippen molar-refractivity contribution in [2.45, 2.75) is 25.5 Å². The van der Waals surface area contributed by atoms with E-state index in [4.69, 9.17) is 9.84 Å². The number of carboxylic acids is 1. The Kier molecular flexibility index (Phi) is 4.49. The first-order chi connectivity index (χ1) is 9.41. The van der Waals surface area contributed by atoms with Crippen molar-refractivity contribution in [2.75, 3.05) is 33.4 Å². The predicted molar refractivity (Wildman–Crippen MR) is 70.3 cm³/mol. The molecule has 0 aromatic heterocycles. The van der Waals surface area contributed by atoms with Crippen molar-refractivity contribution in [2.24, 2.45) is 11.8 Å². The van der Waals surface area contributed by atoms with E-state index in [9.17, 15) is 14.7 Å². The molecule has 2 heterocycles. The molecule has 2 amide bonds. The lowest BCUT2D eigenvalue weighted by atomic mass is 10.0. The first kappa shape index (κ1) is 15.1. The number of hydrogen-bond acceptors (Lipinski definition) is 4. The van der Waals surface area contributed by atoms with E-state index in [1.807, 2.05) is 0 Å². The van der Waals surface area contributed by atoms with Gasteiger partial charge in [-0.15, -0.1) is 0 Å². The zero-order valence-corrected chi connectivity index (χ0v) is 11.9. The number of carbonyl (C=O) groups excluding carboxylic acids is 1. The van der Waals surface area contributed by atoms with Gasteiger partial charge in [-0.25, -0.2) is 4.79 Å². The van der Waals surface area contributed by atoms with E-state index >= 15 is 0 Å². The lowest BCUT2D eigenvalue weighted by molar-refractivity contribution is -0.142. The van der Waals surface area contributed by atoms with Crippen LogP contribution in [0.25, 0.3) is 0 Å². The Morgan fingerprint density at radius 3 is 2.65 bits per heavy atom. The summed E-state index contributed by atoms with van der Waals surface area (Å²) in [7, 11) is 1.62. The van der Waals surface area contributed by atoms with Crippen LogP contribution in [0.15, 0.2) is 0 Å². The number of carbonyl (C=O) groups is 2. The molecular weight excluding hydrogens is 264 g/mol. The molecule has 4 unspecified atom stereocenters. The monoisotopic (exact) mass is 286 g/mol. The number of hydrogen-bond donors (Lipinski definition) is 2. The van der Waals surface area contributed by atoms with Gasteiger partial charge in [0.05, 0.1) is 25.4 Å². The number of amides is 2. The molecule has 0 saturated carbocycles. The van der Waals surface area contributed by atoms with Gasteiger partial charge in [-0.2, -0.15) is 0 Å². The van der Waals surface area contributed by atoms with Crippen molar-refractivity contribution in [1.29, 1.82) is 0 Å². The number of aliphatic hydroxyl groups excluding tert-OH is 1. The first-order valence-electron chi connectivity index (χ1n) is 6.92. The zero-order valence-electron chi connectivity index (χ0n) is 11.9. The fourth-order valence-corrected chi connectivity index (χ4v) is 2.88. The predicted octanol–water partition coefficient (Wildman–Crippen LogP) is -0.159. The van der Waals surface area contributed by atoms with E-state index in [0.717, 1.165) is 6.42 Å². The van der Waals surface area contributed by atoms with Gasteiger partial charge in [0.15, 0.2) is 0 Å². The molecule has 0 aromatic carbocycles. The third kappa shape index (κ3) is 2.88. The van der Waals surface area contributed by atoms with Crippen molar-refractivity contribution in [1.82, 2.24) is 9.80 Å². The molecule has 0 aromatic rings. The van der Waals surface area contributed by atoms with Crippen molar-refractivity contribution < 1.29 is 24.5 Å². The van der Waals surface area contributed by atoms with Gasteiger partial charge in [-0.05, 0) is 13.3 Å². The van der Waals surface area contributed by atoms with Gasteiger partial charge in [0, 0.05) is 26.1 Å². The molecule has 2 aliphatic rings. The van der Waals surface area contributed by atoms with Gasteiger partial charge in [-0.1, -0.05) is 0 Å². The molecule has 7 nitrogen and oxygen atoms in total. The van der Waals surface area contributed by atoms with Crippen LogP contribution in [0.4, 0.5) is 4.79 Å². The summed E-state index contributed by atoms with van der Waals surface area (Å²) in [5.41, 5.74) is 0. The molecule has 4 atom stereocenters. The minimum Gasteiger partial charge on any atom is -0.481 e. The third-order valence-electron chi connectivity index (χ3n) is 4.34. The zero-order chi connectivity index (χ0) is 14.9. The molecule has 7 heteroatoms. The number of likely N-dealkylation sites (tertiary alicyclic amines) is 1. The number of likely N-dealkylation sites (N-methyl/N-ethyl adjacent to an activating group) is 1. The summed E-state index contributed by atoms with van der Waals surface area (Å²) in [5, 5.41) is 18.7. The average Bonchev–Trinajstić information content (AvgIpc) is 3.05. The smallest absolute Gasteiger partial charge is 0.320 e. The van der Waals surface area contributed by atoms with E-state index in [1.54, 1.807) is 18.9 Å². The summed E-state index contributed by atoms with van der Waals surface area (Å²) < 4.78 is 5.19. The summed E-state index contributed by atoms with van der Waals surface area (Å²) >= 11 is 0.